The Hall–Kier alpha value is -3.29. The van der Waals surface area contributed by atoms with Crippen LogP contribution in [0.2, 0.25) is 5.02 Å². The maximum atomic E-state index is 13.8. The normalized spacial score (nSPS) is 12.6. The van der Waals surface area contributed by atoms with Crippen LogP contribution in [0.1, 0.15) is 40.1 Å². The molecular formula is C25H23ClN2O4S. The number of carbonyl (C=O) groups is 1. The minimum Gasteiger partial charge on any atom is -0.508 e. The zero-order chi connectivity index (χ0) is 23.9. The average Bonchev–Trinajstić information content (AvgIpc) is 3.12. The van der Waals surface area contributed by atoms with Gasteiger partial charge in [0.15, 0.2) is 0 Å². The molecule has 4 aromatic rings. The third kappa shape index (κ3) is 4.47. The molecule has 3 aromatic carbocycles. The molecule has 0 saturated heterocycles. The number of aromatic amines is 1. The van der Waals surface area contributed by atoms with Gasteiger partial charge in [0.25, 0.3) is 5.91 Å². The molecule has 0 aliphatic carbocycles. The predicted octanol–water partition coefficient (Wildman–Crippen LogP) is 5.47. The summed E-state index contributed by atoms with van der Waals surface area (Å²) in [7, 11) is -4.06. The first-order valence-electron chi connectivity index (χ1n) is 10.3. The van der Waals surface area contributed by atoms with Crippen molar-refractivity contribution >= 4 is 38.2 Å². The van der Waals surface area contributed by atoms with Gasteiger partial charge in [0, 0.05) is 15.9 Å². The molecule has 1 heterocycles. The Morgan fingerprint density at radius 3 is 2.39 bits per heavy atom. The fourth-order valence-electron chi connectivity index (χ4n) is 3.93. The van der Waals surface area contributed by atoms with Gasteiger partial charge in [0.2, 0.25) is 9.84 Å². The smallest absolute Gasteiger partial charge is 0.269 e. The highest BCUT2D eigenvalue weighted by Gasteiger charge is 2.30. The van der Waals surface area contributed by atoms with Crippen molar-refractivity contribution < 1.29 is 18.3 Å². The van der Waals surface area contributed by atoms with Crippen molar-refractivity contribution in [3.05, 3.63) is 88.1 Å². The van der Waals surface area contributed by atoms with Crippen LogP contribution >= 0.6 is 11.6 Å². The Balaban J connectivity index is 1.85. The van der Waals surface area contributed by atoms with Crippen molar-refractivity contribution in [3.8, 4) is 5.75 Å². The van der Waals surface area contributed by atoms with Crippen LogP contribution in [0.3, 0.4) is 0 Å². The molecule has 0 spiro atoms. The van der Waals surface area contributed by atoms with Crippen molar-refractivity contribution in [1.82, 2.24) is 10.3 Å². The summed E-state index contributed by atoms with van der Waals surface area (Å²) >= 11 is 6.17. The molecule has 3 N–H and O–H groups in total. The molecule has 1 unspecified atom stereocenters. The number of benzene rings is 3. The molecule has 1 atom stereocenters. The first-order chi connectivity index (χ1) is 15.6. The van der Waals surface area contributed by atoms with Crippen molar-refractivity contribution in [2.45, 2.75) is 36.6 Å². The maximum absolute atomic E-state index is 13.8. The van der Waals surface area contributed by atoms with E-state index in [4.69, 9.17) is 11.6 Å². The first kappa shape index (κ1) is 22.9. The number of phenolic OH excluding ortho intramolecular Hbond substituents is 1. The van der Waals surface area contributed by atoms with Gasteiger partial charge in [-0.05, 0) is 79.9 Å². The fraction of sp³-hybridized carbons (Fsp3) is 0.160. The van der Waals surface area contributed by atoms with E-state index >= 15 is 0 Å². The van der Waals surface area contributed by atoms with Crippen molar-refractivity contribution in [1.29, 1.82) is 0 Å². The van der Waals surface area contributed by atoms with E-state index in [0.29, 0.717) is 21.5 Å². The second-order valence-corrected chi connectivity index (χ2v) is 10.5. The van der Waals surface area contributed by atoms with E-state index in [9.17, 15) is 18.3 Å². The molecule has 0 bridgehead atoms. The van der Waals surface area contributed by atoms with Gasteiger partial charge in [-0.25, -0.2) is 8.42 Å². The van der Waals surface area contributed by atoms with Crippen LogP contribution in [-0.2, 0) is 9.84 Å². The molecule has 1 aromatic heterocycles. The van der Waals surface area contributed by atoms with Crippen LogP contribution in [0.15, 0.2) is 70.5 Å². The number of aryl methyl sites for hydroxylation is 2. The third-order valence-corrected chi connectivity index (χ3v) is 7.48. The summed E-state index contributed by atoms with van der Waals surface area (Å²) < 4.78 is 27.5. The fourth-order valence-corrected chi connectivity index (χ4v) is 5.89. The van der Waals surface area contributed by atoms with Gasteiger partial charge in [-0.15, -0.1) is 0 Å². The number of hydrogen-bond acceptors (Lipinski definition) is 4. The lowest BCUT2D eigenvalue weighted by Crippen LogP contribution is -2.28. The molecule has 0 radical (unpaired) electrons. The van der Waals surface area contributed by atoms with Crippen LogP contribution in [-0.4, -0.2) is 24.4 Å². The van der Waals surface area contributed by atoms with E-state index < -0.39 is 21.8 Å². The lowest BCUT2D eigenvalue weighted by molar-refractivity contribution is 0.0932. The molecule has 170 valence electrons. The van der Waals surface area contributed by atoms with E-state index in [1.54, 1.807) is 55.5 Å². The summed E-state index contributed by atoms with van der Waals surface area (Å²) in [4.78, 5) is 16.3. The zero-order valence-corrected chi connectivity index (χ0v) is 19.9. The van der Waals surface area contributed by atoms with E-state index in [-0.39, 0.29) is 21.2 Å². The van der Waals surface area contributed by atoms with E-state index in [2.05, 4.69) is 10.3 Å². The summed E-state index contributed by atoms with van der Waals surface area (Å²) in [5.41, 5.74) is 2.70. The lowest BCUT2D eigenvalue weighted by atomic mass is 10.1. The number of aromatic nitrogens is 1. The summed E-state index contributed by atoms with van der Waals surface area (Å²) in [6.07, 6.45) is 0. The highest BCUT2D eigenvalue weighted by Crippen LogP contribution is 2.34. The number of sulfone groups is 1. The number of H-pyrrole nitrogens is 1. The molecule has 0 aliphatic heterocycles. The minimum absolute atomic E-state index is 0.0709. The van der Waals surface area contributed by atoms with Crippen molar-refractivity contribution in [2.24, 2.45) is 0 Å². The molecule has 6 nitrogen and oxygen atoms in total. The number of phenols is 1. The van der Waals surface area contributed by atoms with Crippen LogP contribution in [0.25, 0.3) is 10.9 Å². The number of fused-ring (bicyclic) bond motifs is 1. The van der Waals surface area contributed by atoms with E-state index in [1.165, 1.54) is 6.07 Å². The quantitative estimate of drug-likeness (QED) is 0.351. The van der Waals surface area contributed by atoms with Crippen molar-refractivity contribution in [2.75, 3.05) is 0 Å². The van der Waals surface area contributed by atoms with Crippen LogP contribution < -0.4 is 5.32 Å². The molecular weight excluding hydrogens is 460 g/mol. The monoisotopic (exact) mass is 482 g/mol. The maximum Gasteiger partial charge on any atom is 0.269 e. The molecule has 0 aliphatic rings. The topological polar surface area (TPSA) is 99.3 Å². The molecule has 4 rings (SSSR count). The number of halogens is 1. The summed E-state index contributed by atoms with van der Waals surface area (Å²) in [5.74, 6) is -0.506. The van der Waals surface area contributed by atoms with Gasteiger partial charge in [-0.2, -0.15) is 0 Å². The average molecular weight is 483 g/mol. The van der Waals surface area contributed by atoms with Gasteiger partial charge < -0.3 is 15.4 Å². The number of carbonyl (C=O) groups excluding carboxylic acids is 1. The van der Waals surface area contributed by atoms with Gasteiger partial charge in [-0.1, -0.05) is 29.8 Å². The standard InChI is InChI=1S/C25H23ClN2O4S/c1-14-9-15(2)11-20(10-14)33(31,32)24-21-13-18(26)7-8-22(21)28-23(24)25(30)27-16(3)17-5-4-6-19(29)12-17/h4-13,16,28-29H,1-3H3,(H,27,30). The van der Waals surface area contributed by atoms with Crippen molar-refractivity contribution in [3.63, 3.8) is 0 Å². The second-order valence-electron chi connectivity index (χ2n) is 8.14. The first-order valence-corrected chi connectivity index (χ1v) is 12.2. The highest BCUT2D eigenvalue weighted by molar-refractivity contribution is 7.91. The van der Waals surface area contributed by atoms with E-state index in [1.807, 2.05) is 19.9 Å². The Labute approximate surface area is 197 Å². The number of rotatable bonds is 5. The van der Waals surface area contributed by atoms with Gasteiger partial charge >= 0.3 is 0 Å². The number of hydrogen-bond donors (Lipinski definition) is 3. The second kappa shape index (κ2) is 8.57. The lowest BCUT2D eigenvalue weighted by Gasteiger charge is -2.15. The van der Waals surface area contributed by atoms with Crippen LogP contribution in [0.4, 0.5) is 0 Å². The van der Waals surface area contributed by atoms with Crippen LogP contribution in [0, 0.1) is 13.8 Å². The minimum atomic E-state index is -4.06. The molecule has 0 saturated carbocycles. The Bertz CT molecular complexity index is 1470. The Morgan fingerprint density at radius 1 is 1.03 bits per heavy atom. The largest absolute Gasteiger partial charge is 0.508 e. The number of aromatic hydroxyl groups is 1. The summed E-state index contributed by atoms with van der Waals surface area (Å²) in [6, 6.07) is 15.9. The molecule has 33 heavy (non-hydrogen) atoms. The molecule has 8 heteroatoms. The van der Waals surface area contributed by atoms with Gasteiger partial charge in [-0.3, -0.25) is 4.79 Å². The van der Waals surface area contributed by atoms with E-state index in [0.717, 1.165) is 11.1 Å². The Kier molecular flexibility index (Phi) is 5.95. The highest BCUT2D eigenvalue weighted by atomic mass is 35.5. The van der Waals surface area contributed by atoms with Gasteiger partial charge in [0.05, 0.1) is 10.9 Å². The number of amides is 1. The molecule has 1 amide bonds. The summed E-state index contributed by atoms with van der Waals surface area (Å²) in [5, 5.41) is 13.3. The SMILES string of the molecule is Cc1cc(C)cc(S(=O)(=O)c2c(C(=O)NC(C)c3cccc(O)c3)[nH]c3ccc(Cl)cc23)c1. The predicted molar refractivity (Wildman–Crippen MR) is 129 cm³/mol. The summed E-state index contributed by atoms with van der Waals surface area (Å²) in [6.45, 7) is 5.40. The third-order valence-electron chi connectivity index (χ3n) is 5.43. The zero-order valence-electron chi connectivity index (χ0n) is 18.3. The van der Waals surface area contributed by atoms with Gasteiger partial charge in [0.1, 0.15) is 16.3 Å². The number of nitrogens with one attached hydrogen (secondary N) is 2. The molecule has 0 fully saturated rings. The Morgan fingerprint density at radius 2 is 1.73 bits per heavy atom. The van der Waals surface area contributed by atoms with Crippen LogP contribution in [0.5, 0.6) is 5.75 Å².